The van der Waals surface area contributed by atoms with Crippen LogP contribution in [-0.4, -0.2) is 11.7 Å². The number of thiol groups is 1. The summed E-state index contributed by atoms with van der Waals surface area (Å²) in [6, 6.07) is 0. The summed E-state index contributed by atoms with van der Waals surface area (Å²) in [6.07, 6.45) is 1.16. The second kappa shape index (κ2) is 1.80. The van der Waals surface area contributed by atoms with Gasteiger partial charge >= 0.3 is 0 Å². The summed E-state index contributed by atoms with van der Waals surface area (Å²) >= 11 is 4.31. The van der Waals surface area contributed by atoms with Crippen molar-refractivity contribution in [2.45, 2.75) is 11.4 Å². The van der Waals surface area contributed by atoms with E-state index in [9.17, 15) is 0 Å². The zero-order valence-corrected chi connectivity index (χ0v) is 6.17. The third kappa shape index (κ3) is 0.850. The number of rotatable bonds is 0. The molecule has 0 spiro atoms. The lowest BCUT2D eigenvalue weighted by atomic mass is 10.4. The van der Waals surface area contributed by atoms with Crippen molar-refractivity contribution in [2.24, 2.45) is 0 Å². The molecule has 0 aromatic heterocycles. The van der Waals surface area contributed by atoms with Gasteiger partial charge in [0.15, 0.2) is 0 Å². The Bertz CT molecular complexity index is 100. The molecule has 0 N–H and O–H groups in total. The Morgan fingerprint density at radius 1 is 2.00 bits per heavy atom. The fourth-order valence-corrected chi connectivity index (χ4v) is 2.50. The second-order valence-corrected chi connectivity index (χ2v) is 5.37. The van der Waals surface area contributed by atoms with E-state index < -0.39 is 0 Å². The maximum atomic E-state index is 4.31. The molecule has 0 nitrogen and oxygen atoms in total. The predicted octanol–water partition coefficient (Wildman–Crippen LogP) is 2.27. The second-order valence-electron chi connectivity index (χ2n) is 1.86. The van der Waals surface area contributed by atoms with E-state index in [1.54, 1.807) is 0 Å². The van der Waals surface area contributed by atoms with Crippen molar-refractivity contribution in [3.63, 3.8) is 0 Å². The first kappa shape index (κ1) is 5.65. The van der Waals surface area contributed by atoms with Crippen LogP contribution in [0.5, 0.6) is 0 Å². The molecule has 0 amide bonds. The van der Waals surface area contributed by atoms with Gasteiger partial charge in [0, 0.05) is 4.99 Å². The zero-order valence-electron chi connectivity index (χ0n) is 4.39. The molecule has 2 atom stereocenters. The molecule has 1 fully saturated rings. The minimum Gasteiger partial charge on any atom is -0.171 e. The molecule has 0 aliphatic carbocycles. The van der Waals surface area contributed by atoms with Gasteiger partial charge in [0.2, 0.25) is 0 Å². The summed E-state index contributed by atoms with van der Waals surface area (Å²) in [5.74, 6) is 0. The van der Waals surface area contributed by atoms with Crippen molar-refractivity contribution >= 4 is 20.6 Å². The maximum Gasteiger partial charge on any atom is 0.0293 e. The lowest BCUT2D eigenvalue weighted by molar-refractivity contribution is 1.08. The van der Waals surface area contributed by atoms with Crippen molar-refractivity contribution in [1.29, 1.82) is 0 Å². The van der Waals surface area contributed by atoms with Crippen LogP contribution >= 0.6 is 20.6 Å². The largest absolute Gasteiger partial charge is 0.171 e. The van der Waals surface area contributed by atoms with Crippen molar-refractivity contribution in [3.05, 3.63) is 11.9 Å². The Balaban J connectivity index is 2.43. The Labute approximate surface area is 51.2 Å². The normalized spacial score (nSPS) is 40.6. The molecule has 2 unspecified atom stereocenters. The van der Waals surface area contributed by atoms with E-state index in [-0.39, 0.29) is 7.92 Å². The monoisotopic (exact) mass is 132 g/mol. The van der Waals surface area contributed by atoms with E-state index in [0.717, 1.165) is 6.42 Å². The number of hydrogen-bond acceptors (Lipinski definition) is 1. The maximum absolute atomic E-state index is 4.31. The highest BCUT2D eigenvalue weighted by Gasteiger charge is 2.26. The topological polar surface area (TPSA) is 0 Å². The van der Waals surface area contributed by atoms with E-state index in [1.807, 2.05) is 0 Å². The molecule has 1 aliphatic rings. The van der Waals surface area contributed by atoms with Crippen LogP contribution in [0, 0.1) is 0 Å². The fraction of sp³-hybridized carbons (Fsp3) is 0.600. The van der Waals surface area contributed by atoms with Gasteiger partial charge < -0.3 is 0 Å². The molecule has 7 heavy (non-hydrogen) atoms. The van der Waals surface area contributed by atoms with E-state index in [1.165, 1.54) is 5.31 Å². The van der Waals surface area contributed by atoms with Crippen LogP contribution < -0.4 is 0 Å². The van der Waals surface area contributed by atoms with Gasteiger partial charge in [-0.2, -0.15) is 12.6 Å². The molecule has 0 bridgehead atoms. The Morgan fingerprint density at radius 2 is 2.57 bits per heavy atom. The van der Waals surface area contributed by atoms with Gasteiger partial charge in [-0.05, 0) is 13.1 Å². The quantitative estimate of drug-likeness (QED) is 0.379. The summed E-state index contributed by atoms with van der Waals surface area (Å²) in [4.78, 5) is 0.669. The highest BCUT2D eigenvalue weighted by atomic mass is 32.1. The first-order valence-electron chi connectivity index (χ1n) is 2.30. The van der Waals surface area contributed by atoms with Crippen molar-refractivity contribution in [3.8, 4) is 0 Å². The van der Waals surface area contributed by atoms with Crippen LogP contribution in [0.4, 0.5) is 0 Å². The molecular weight excluding hydrogens is 123 g/mol. The highest BCUT2D eigenvalue weighted by molar-refractivity contribution is 7.92. The molecule has 1 heterocycles. The van der Waals surface area contributed by atoms with Crippen LogP contribution in [0.1, 0.15) is 6.42 Å². The summed E-state index contributed by atoms with van der Waals surface area (Å²) in [7, 11) is 0.130. The number of allylic oxidation sites excluding steroid dienone is 1. The van der Waals surface area contributed by atoms with Crippen LogP contribution in [0.25, 0.3) is 0 Å². The van der Waals surface area contributed by atoms with Gasteiger partial charge in [-0.15, -0.1) is 0 Å². The zero-order chi connectivity index (χ0) is 5.44. The van der Waals surface area contributed by atoms with Crippen molar-refractivity contribution in [2.75, 3.05) is 6.66 Å². The molecule has 0 radical (unpaired) electrons. The third-order valence-electron chi connectivity index (χ3n) is 1.36. The molecule has 0 aromatic rings. The molecule has 0 aromatic carbocycles. The average molecular weight is 132 g/mol. The number of hydrogen-bond donors (Lipinski definition) is 1. The van der Waals surface area contributed by atoms with Gasteiger partial charge in [-0.1, -0.05) is 19.8 Å². The van der Waals surface area contributed by atoms with E-state index in [2.05, 4.69) is 25.9 Å². The minimum atomic E-state index is 0.130. The average Bonchev–Trinajstić information content (AvgIpc) is 1.68. The van der Waals surface area contributed by atoms with Gasteiger partial charge in [0.1, 0.15) is 0 Å². The highest BCUT2D eigenvalue weighted by Crippen LogP contribution is 2.60. The van der Waals surface area contributed by atoms with Crippen LogP contribution in [-0.2, 0) is 0 Å². The van der Waals surface area contributed by atoms with Gasteiger partial charge in [0.25, 0.3) is 0 Å². The van der Waals surface area contributed by atoms with E-state index in [4.69, 9.17) is 0 Å². The van der Waals surface area contributed by atoms with Crippen LogP contribution in [0.2, 0.25) is 0 Å². The third-order valence-corrected chi connectivity index (χ3v) is 4.84. The lowest BCUT2D eigenvalue weighted by Crippen LogP contribution is -2.08. The Kier molecular flexibility index (Phi) is 1.45. The Morgan fingerprint density at radius 3 is 2.57 bits per heavy atom. The molecule has 2 heteroatoms. The lowest BCUT2D eigenvalue weighted by Gasteiger charge is -2.32. The molecule has 0 saturated carbocycles. The molecule has 40 valence electrons. The molecular formula is C5H9PS. The first-order chi connectivity index (χ1) is 3.22. The van der Waals surface area contributed by atoms with Crippen LogP contribution in [0.3, 0.4) is 0 Å². The smallest absolute Gasteiger partial charge is 0.0293 e. The van der Waals surface area contributed by atoms with Gasteiger partial charge in [-0.3, -0.25) is 0 Å². The molecule has 1 saturated heterocycles. The fourth-order valence-electron chi connectivity index (χ4n) is 0.590. The predicted molar refractivity (Wildman–Crippen MR) is 39.4 cm³/mol. The van der Waals surface area contributed by atoms with Crippen molar-refractivity contribution < 1.29 is 0 Å². The van der Waals surface area contributed by atoms with E-state index in [0.29, 0.717) is 4.99 Å². The summed E-state index contributed by atoms with van der Waals surface area (Å²) < 4.78 is 0. The van der Waals surface area contributed by atoms with Gasteiger partial charge in [0.05, 0.1) is 0 Å². The Hall–Kier alpha value is 0.520. The minimum absolute atomic E-state index is 0.130. The van der Waals surface area contributed by atoms with Gasteiger partial charge in [-0.25, -0.2) is 0 Å². The van der Waals surface area contributed by atoms with Crippen LogP contribution in [0.15, 0.2) is 11.9 Å². The molecule has 1 aliphatic heterocycles. The summed E-state index contributed by atoms with van der Waals surface area (Å²) in [6.45, 7) is 6.11. The summed E-state index contributed by atoms with van der Waals surface area (Å²) in [5, 5.41) is 1.43. The standard InChI is InChI=1S/C5H9PS/c1-4-3-5(7)6(4)2/h5,7H,1,3H2,2H3. The van der Waals surface area contributed by atoms with E-state index >= 15 is 0 Å². The SMILES string of the molecule is C=C1CC(S)P1C. The molecule has 1 rings (SSSR count). The first-order valence-corrected chi connectivity index (χ1v) is 4.68. The van der Waals surface area contributed by atoms with Crippen molar-refractivity contribution in [1.82, 2.24) is 0 Å². The summed E-state index contributed by atoms with van der Waals surface area (Å²) in [5.41, 5.74) is 0.